The fraction of sp³-hybridized carbons (Fsp3) is 0.167. The summed E-state index contributed by atoms with van der Waals surface area (Å²) in [5.41, 5.74) is 7.05. The molecule has 2 aromatic rings. The minimum absolute atomic E-state index is 0.201. The molecule has 0 aliphatic rings. The van der Waals surface area contributed by atoms with E-state index in [2.05, 4.69) is 5.10 Å². The minimum atomic E-state index is -0.201. The maximum Gasteiger partial charge on any atom is 0.214 e. The summed E-state index contributed by atoms with van der Waals surface area (Å²) in [4.78, 5) is 12.3. The second-order valence-corrected chi connectivity index (χ2v) is 3.98. The van der Waals surface area contributed by atoms with E-state index in [9.17, 15) is 4.79 Å². The van der Waals surface area contributed by atoms with Gasteiger partial charge in [0.25, 0.3) is 0 Å². The summed E-state index contributed by atoms with van der Waals surface area (Å²) in [5, 5.41) is 4.38. The van der Waals surface area contributed by atoms with Crippen molar-refractivity contribution in [3.05, 3.63) is 46.7 Å². The Balaban J connectivity index is 2.51. The van der Waals surface area contributed by atoms with E-state index in [1.807, 2.05) is 6.92 Å². The lowest BCUT2D eigenvalue weighted by Crippen LogP contribution is -2.12. The number of aromatic nitrogens is 2. The van der Waals surface area contributed by atoms with Gasteiger partial charge in [0.2, 0.25) is 5.78 Å². The van der Waals surface area contributed by atoms with Gasteiger partial charge in [-0.05, 0) is 19.1 Å². The molecule has 0 bridgehead atoms. The van der Waals surface area contributed by atoms with Crippen LogP contribution in [-0.2, 0) is 6.54 Å². The summed E-state index contributed by atoms with van der Waals surface area (Å²) >= 11 is 5.98. The van der Waals surface area contributed by atoms with E-state index in [-0.39, 0.29) is 5.78 Å². The highest BCUT2D eigenvalue weighted by molar-refractivity contribution is 6.34. The van der Waals surface area contributed by atoms with Crippen molar-refractivity contribution < 1.29 is 4.79 Å². The van der Waals surface area contributed by atoms with Crippen LogP contribution >= 0.6 is 11.6 Å². The first kappa shape index (κ1) is 11.7. The zero-order valence-electron chi connectivity index (χ0n) is 9.35. The molecule has 5 heteroatoms. The number of hydrogen-bond donors (Lipinski definition) is 1. The van der Waals surface area contributed by atoms with Crippen LogP contribution < -0.4 is 5.73 Å². The van der Waals surface area contributed by atoms with Crippen LogP contribution in [0.25, 0.3) is 0 Å². The number of ketones is 1. The standard InChI is InChI=1S/C12H12ClN3O/c1-2-16-11(9(13)7-15-16)12(17)8-5-3-4-6-10(8)14/h3-7H,2,14H2,1H3. The molecule has 0 unspecified atom stereocenters. The van der Waals surface area contributed by atoms with Crippen LogP contribution in [0.4, 0.5) is 5.69 Å². The number of benzene rings is 1. The average molecular weight is 250 g/mol. The van der Waals surface area contributed by atoms with Gasteiger partial charge in [-0.2, -0.15) is 5.10 Å². The SMILES string of the molecule is CCn1ncc(Cl)c1C(=O)c1ccccc1N. The summed E-state index contributed by atoms with van der Waals surface area (Å²) in [6.45, 7) is 2.48. The molecule has 0 atom stereocenters. The van der Waals surface area contributed by atoms with E-state index < -0.39 is 0 Å². The molecule has 0 saturated heterocycles. The van der Waals surface area contributed by atoms with Gasteiger partial charge in [0.1, 0.15) is 5.69 Å². The molecule has 0 aliphatic heterocycles. The topological polar surface area (TPSA) is 60.9 Å². The van der Waals surface area contributed by atoms with Gasteiger partial charge < -0.3 is 5.73 Å². The normalized spacial score (nSPS) is 10.5. The molecule has 17 heavy (non-hydrogen) atoms. The van der Waals surface area contributed by atoms with Gasteiger partial charge in [-0.25, -0.2) is 0 Å². The van der Waals surface area contributed by atoms with E-state index in [4.69, 9.17) is 17.3 Å². The number of rotatable bonds is 3. The second kappa shape index (κ2) is 4.59. The van der Waals surface area contributed by atoms with Gasteiger partial charge in [0.05, 0.1) is 11.2 Å². The molecule has 0 saturated carbocycles. The highest BCUT2D eigenvalue weighted by atomic mass is 35.5. The summed E-state index contributed by atoms with van der Waals surface area (Å²) in [6.07, 6.45) is 1.47. The Morgan fingerprint density at radius 3 is 2.82 bits per heavy atom. The molecule has 88 valence electrons. The highest BCUT2D eigenvalue weighted by Crippen LogP contribution is 2.22. The van der Waals surface area contributed by atoms with E-state index in [0.29, 0.717) is 28.5 Å². The molecule has 2 rings (SSSR count). The average Bonchev–Trinajstić information content (AvgIpc) is 2.70. The number of aryl methyl sites for hydroxylation is 1. The van der Waals surface area contributed by atoms with Crippen LogP contribution in [0, 0.1) is 0 Å². The molecular formula is C12H12ClN3O. The number of halogens is 1. The Morgan fingerprint density at radius 1 is 1.47 bits per heavy atom. The first-order valence-corrected chi connectivity index (χ1v) is 5.63. The Labute approximate surface area is 104 Å². The van der Waals surface area contributed by atoms with Crippen molar-refractivity contribution in [1.82, 2.24) is 9.78 Å². The molecular weight excluding hydrogens is 238 g/mol. The Bertz CT molecular complexity index is 563. The van der Waals surface area contributed by atoms with Crippen LogP contribution in [0.5, 0.6) is 0 Å². The van der Waals surface area contributed by atoms with Gasteiger partial charge in [-0.15, -0.1) is 0 Å². The number of para-hydroxylation sites is 1. The number of nitrogens with zero attached hydrogens (tertiary/aromatic N) is 2. The van der Waals surface area contributed by atoms with Crippen molar-refractivity contribution in [2.24, 2.45) is 0 Å². The Kier molecular flexibility index (Phi) is 3.15. The number of carbonyl (C=O) groups excluding carboxylic acids is 1. The van der Waals surface area contributed by atoms with E-state index >= 15 is 0 Å². The van der Waals surface area contributed by atoms with Crippen molar-refractivity contribution in [3.63, 3.8) is 0 Å². The first-order valence-electron chi connectivity index (χ1n) is 5.25. The summed E-state index contributed by atoms with van der Waals surface area (Å²) in [7, 11) is 0. The van der Waals surface area contributed by atoms with E-state index in [0.717, 1.165) is 0 Å². The molecule has 4 nitrogen and oxygen atoms in total. The lowest BCUT2D eigenvalue weighted by Gasteiger charge is -2.06. The maximum atomic E-state index is 12.3. The largest absolute Gasteiger partial charge is 0.398 e. The molecule has 0 aliphatic carbocycles. The lowest BCUT2D eigenvalue weighted by atomic mass is 10.1. The quantitative estimate of drug-likeness (QED) is 0.671. The Morgan fingerprint density at radius 2 is 2.18 bits per heavy atom. The number of carbonyl (C=O) groups is 1. The molecule has 0 fully saturated rings. The van der Waals surface area contributed by atoms with Crippen LogP contribution in [0.3, 0.4) is 0 Å². The predicted octanol–water partition coefficient (Wildman–Crippen LogP) is 2.37. The van der Waals surface area contributed by atoms with Crippen LogP contribution in [0.2, 0.25) is 5.02 Å². The third-order valence-electron chi connectivity index (χ3n) is 2.51. The van der Waals surface area contributed by atoms with Crippen molar-refractivity contribution >= 4 is 23.1 Å². The first-order chi connectivity index (χ1) is 8.15. The van der Waals surface area contributed by atoms with Crippen molar-refractivity contribution in [2.75, 3.05) is 5.73 Å². The second-order valence-electron chi connectivity index (χ2n) is 3.57. The van der Waals surface area contributed by atoms with Gasteiger partial charge in [0.15, 0.2) is 0 Å². The number of nitrogens with two attached hydrogens (primary N) is 1. The summed E-state index contributed by atoms with van der Waals surface area (Å²) in [6, 6.07) is 6.92. The zero-order chi connectivity index (χ0) is 12.4. The van der Waals surface area contributed by atoms with Gasteiger partial charge in [-0.1, -0.05) is 23.7 Å². The van der Waals surface area contributed by atoms with E-state index in [1.165, 1.54) is 6.20 Å². The van der Waals surface area contributed by atoms with Gasteiger partial charge >= 0.3 is 0 Å². The number of nitrogen functional groups attached to an aromatic ring is 1. The fourth-order valence-corrected chi connectivity index (χ4v) is 1.89. The summed E-state index contributed by atoms with van der Waals surface area (Å²) in [5.74, 6) is -0.201. The van der Waals surface area contributed by atoms with Crippen LogP contribution in [0.15, 0.2) is 30.5 Å². The molecule has 0 spiro atoms. The molecule has 1 aromatic heterocycles. The monoisotopic (exact) mass is 249 g/mol. The predicted molar refractivity (Wildman–Crippen MR) is 67.2 cm³/mol. The van der Waals surface area contributed by atoms with Crippen molar-refractivity contribution in [3.8, 4) is 0 Å². The van der Waals surface area contributed by atoms with Gasteiger partial charge in [0, 0.05) is 17.8 Å². The molecule has 2 N–H and O–H groups in total. The number of hydrogen-bond acceptors (Lipinski definition) is 3. The molecule has 1 heterocycles. The van der Waals surface area contributed by atoms with Crippen LogP contribution in [0.1, 0.15) is 23.0 Å². The molecule has 0 radical (unpaired) electrons. The molecule has 1 aromatic carbocycles. The Hall–Kier alpha value is -1.81. The lowest BCUT2D eigenvalue weighted by molar-refractivity contribution is 0.103. The zero-order valence-corrected chi connectivity index (χ0v) is 10.1. The van der Waals surface area contributed by atoms with Crippen molar-refractivity contribution in [2.45, 2.75) is 13.5 Å². The number of anilines is 1. The summed E-state index contributed by atoms with van der Waals surface area (Å²) < 4.78 is 1.57. The highest BCUT2D eigenvalue weighted by Gasteiger charge is 2.19. The van der Waals surface area contributed by atoms with Gasteiger partial charge in [-0.3, -0.25) is 9.48 Å². The van der Waals surface area contributed by atoms with Crippen molar-refractivity contribution in [1.29, 1.82) is 0 Å². The molecule has 0 amide bonds. The van der Waals surface area contributed by atoms with E-state index in [1.54, 1.807) is 28.9 Å². The van der Waals surface area contributed by atoms with Crippen LogP contribution in [-0.4, -0.2) is 15.6 Å². The third kappa shape index (κ3) is 2.03. The minimum Gasteiger partial charge on any atom is -0.398 e. The fourth-order valence-electron chi connectivity index (χ4n) is 1.66. The third-order valence-corrected chi connectivity index (χ3v) is 2.79. The smallest absolute Gasteiger partial charge is 0.214 e. The maximum absolute atomic E-state index is 12.3.